The van der Waals surface area contributed by atoms with Crippen molar-refractivity contribution in [1.29, 1.82) is 0 Å². The van der Waals surface area contributed by atoms with Crippen molar-refractivity contribution >= 4 is 5.91 Å². The van der Waals surface area contributed by atoms with Gasteiger partial charge in [-0.3, -0.25) is 4.79 Å². The van der Waals surface area contributed by atoms with Gasteiger partial charge >= 0.3 is 0 Å². The van der Waals surface area contributed by atoms with Gasteiger partial charge in [0.05, 0.1) is 12.1 Å². The van der Waals surface area contributed by atoms with Crippen molar-refractivity contribution in [3.8, 4) is 0 Å². The fourth-order valence-electron chi connectivity index (χ4n) is 2.67. The number of rotatable bonds is 4. The van der Waals surface area contributed by atoms with Crippen LogP contribution >= 0.6 is 0 Å². The number of carbonyl (C=O) groups is 1. The highest BCUT2D eigenvalue weighted by molar-refractivity contribution is 5.94. The Hall–Kier alpha value is -1.29. The number of hydrogen-bond donors (Lipinski definition) is 2. The van der Waals surface area contributed by atoms with Crippen LogP contribution in [0.4, 0.5) is 0 Å². The van der Waals surface area contributed by atoms with Gasteiger partial charge in [0.15, 0.2) is 0 Å². The van der Waals surface area contributed by atoms with Crippen LogP contribution in [-0.2, 0) is 6.54 Å². The second-order valence-corrected chi connectivity index (χ2v) is 5.12. The standard InChI is InChI=1S/C14H22N2O2/c1-2-10-4-3-5-12(6-10)16-14(17)11-7-13(8-15)18-9-11/h7,9-10,12H,2-6,8,15H2,1H3,(H,16,17). The third kappa shape index (κ3) is 3.13. The third-order valence-electron chi connectivity index (χ3n) is 3.81. The number of nitrogens with one attached hydrogen (secondary N) is 1. The minimum Gasteiger partial charge on any atom is -0.467 e. The van der Waals surface area contributed by atoms with Crippen molar-refractivity contribution < 1.29 is 9.21 Å². The summed E-state index contributed by atoms with van der Waals surface area (Å²) >= 11 is 0. The monoisotopic (exact) mass is 250 g/mol. The normalized spacial score (nSPS) is 23.9. The fraction of sp³-hybridized carbons (Fsp3) is 0.643. The second kappa shape index (κ2) is 6.05. The summed E-state index contributed by atoms with van der Waals surface area (Å²) < 4.78 is 5.18. The molecule has 1 aromatic rings. The van der Waals surface area contributed by atoms with Crippen LogP contribution in [0.5, 0.6) is 0 Å². The highest BCUT2D eigenvalue weighted by atomic mass is 16.3. The van der Waals surface area contributed by atoms with Crippen LogP contribution in [0, 0.1) is 5.92 Å². The van der Waals surface area contributed by atoms with E-state index in [1.165, 1.54) is 25.5 Å². The van der Waals surface area contributed by atoms with Crippen LogP contribution in [0.3, 0.4) is 0 Å². The molecule has 1 heterocycles. The average molecular weight is 250 g/mol. The van der Waals surface area contributed by atoms with Crippen LogP contribution in [0.25, 0.3) is 0 Å². The Morgan fingerprint density at radius 3 is 3.06 bits per heavy atom. The van der Waals surface area contributed by atoms with E-state index in [0.29, 0.717) is 23.9 Å². The molecule has 2 unspecified atom stereocenters. The van der Waals surface area contributed by atoms with Gasteiger partial charge in [0.1, 0.15) is 12.0 Å². The van der Waals surface area contributed by atoms with Crippen LogP contribution in [0.15, 0.2) is 16.7 Å². The van der Waals surface area contributed by atoms with E-state index in [4.69, 9.17) is 10.2 Å². The van der Waals surface area contributed by atoms with Gasteiger partial charge < -0.3 is 15.5 Å². The Morgan fingerprint density at radius 1 is 1.56 bits per heavy atom. The second-order valence-electron chi connectivity index (χ2n) is 5.12. The van der Waals surface area contributed by atoms with Crippen molar-refractivity contribution in [2.75, 3.05) is 0 Å². The molecule has 0 saturated heterocycles. The zero-order valence-corrected chi connectivity index (χ0v) is 10.9. The van der Waals surface area contributed by atoms with Gasteiger partial charge in [0.25, 0.3) is 5.91 Å². The van der Waals surface area contributed by atoms with E-state index >= 15 is 0 Å². The summed E-state index contributed by atoms with van der Waals surface area (Å²) in [6.07, 6.45) is 7.38. The van der Waals surface area contributed by atoms with E-state index < -0.39 is 0 Å². The molecule has 0 aromatic carbocycles. The van der Waals surface area contributed by atoms with Gasteiger partial charge in [-0.25, -0.2) is 0 Å². The number of furan rings is 1. The first kappa shape index (κ1) is 13.1. The Bertz CT molecular complexity index is 400. The number of nitrogens with two attached hydrogens (primary N) is 1. The molecule has 1 aromatic heterocycles. The molecule has 0 radical (unpaired) electrons. The quantitative estimate of drug-likeness (QED) is 0.862. The molecule has 1 aliphatic carbocycles. The smallest absolute Gasteiger partial charge is 0.254 e. The summed E-state index contributed by atoms with van der Waals surface area (Å²) in [5, 5.41) is 3.10. The molecule has 0 aliphatic heterocycles. The fourth-order valence-corrected chi connectivity index (χ4v) is 2.67. The molecular formula is C14H22N2O2. The van der Waals surface area contributed by atoms with Crippen LogP contribution < -0.4 is 11.1 Å². The lowest BCUT2D eigenvalue weighted by Crippen LogP contribution is -2.38. The maximum Gasteiger partial charge on any atom is 0.254 e. The lowest BCUT2D eigenvalue weighted by atomic mass is 9.84. The van der Waals surface area contributed by atoms with Crippen LogP contribution in [0.2, 0.25) is 0 Å². The number of carbonyl (C=O) groups excluding carboxylic acids is 1. The molecule has 1 saturated carbocycles. The first-order valence-corrected chi connectivity index (χ1v) is 6.81. The first-order chi connectivity index (χ1) is 8.72. The minimum absolute atomic E-state index is 0.0415. The van der Waals surface area contributed by atoms with Crippen molar-refractivity contribution in [2.24, 2.45) is 11.7 Å². The van der Waals surface area contributed by atoms with Crippen LogP contribution in [0.1, 0.15) is 55.1 Å². The highest BCUT2D eigenvalue weighted by Crippen LogP contribution is 2.26. The molecular weight excluding hydrogens is 228 g/mol. The van der Waals surface area contributed by atoms with E-state index in [1.807, 2.05) is 0 Å². The molecule has 2 rings (SSSR count). The molecule has 1 fully saturated rings. The Balaban J connectivity index is 1.90. The summed E-state index contributed by atoms with van der Waals surface area (Å²) in [6.45, 7) is 2.55. The van der Waals surface area contributed by atoms with Gasteiger partial charge in [-0.05, 0) is 24.8 Å². The first-order valence-electron chi connectivity index (χ1n) is 6.81. The van der Waals surface area contributed by atoms with E-state index in [-0.39, 0.29) is 5.91 Å². The topological polar surface area (TPSA) is 68.3 Å². The molecule has 1 aliphatic rings. The lowest BCUT2D eigenvalue weighted by Gasteiger charge is -2.28. The van der Waals surface area contributed by atoms with Gasteiger partial charge in [-0.15, -0.1) is 0 Å². The molecule has 4 nitrogen and oxygen atoms in total. The van der Waals surface area contributed by atoms with Gasteiger partial charge in [0.2, 0.25) is 0 Å². The molecule has 100 valence electrons. The van der Waals surface area contributed by atoms with Crippen molar-refractivity contribution in [1.82, 2.24) is 5.32 Å². The molecule has 18 heavy (non-hydrogen) atoms. The summed E-state index contributed by atoms with van der Waals surface area (Å²) in [5.41, 5.74) is 6.04. The molecule has 0 bridgehead atoms. The van der Waals surface area contributed by atoms with Gasteiger partial charge in [0, 0.05) is 6.04 Å². The summed E-state index contributed by atoms with van der Waals surface area (Å²) in [5.74, 6) is 1.36. The summed E-state index contributed by atoms with van der Waals surface area (Å²) in [6, 6.07) is 2.03. The SMILES string of the molecule is CCC1CCCC(NC(=O)c2coc(CN)c2)C1. The van der Waals surface area contributed by atoms with E-state index in [9.17, 15) is 4.79 Å². The zero-order valence-electron chi connectivity index (χ0n) is 10.9. The number of amides is 1. The third-order valence-corrected chi connectivity index (χ3v) is 3.81. The van der Waals surface area contributed by atoms with Gasteiger partial charge in [-0.1, -0.05) is 26.2 Å². The predicted octanol–water partition coefficient (Wildman–Crippen LogP) is 2.44. The van der Waals surface area contributed by atoms with E-state index in [1.54, 1.807) is 6.07 Å². The lowest BCUT2D eigenvalue weighted by molar-refractivity contribution is 0.0918. The Morgan fingerprint density at radius 2 is 2.39 bits per heavy atom. The van der Waals surface area contributed by atoms with Gasteiger partial charge in [-0.2, -0.15) is 0 Å². The van der Waals surface area contributed by atoms with Crippen LogP contribution in [-0.4, -0.2) is 11.9 Å². The molecule has 1 amide bonds. The van der Waals surface area contributed by atoms with Crippen molar-refractivity contribution in [2.45, 2.75) is 51.6 Å². The number of hydrogen-bond acceptors (Lipinski definition) is 3. The molecule has 0 spiro atoms. The Labute approximate surface area is 108 Å². The van der Waals surface area contributed by atoms with Crippen molar-refractivity contribution in [3.05, 3.63) is 23.7 Å². The molecule has 4 heteroatoms. The van der Waals surface area contributed by atoms with E-state index in [2.05, 4.69) is 12.2 Å². The van der Waals surface area contributed by atoms with Crippen molar-refractivity contribution in [3.63, 3.8) is 0 Å². The van der Waals surface area contributed by atoms with E-state index in [0.717, 1.165) is 18.8 Å². The zero-order chi connectivity index (χ0) is 13.0. The maximum atomic E-state index is 12.0. The Kier molecular flexibility index (Phi) is 4.42. The summed E-state index contributed by atoms with van der Waals surface area (Å²) in [7, 11) is 0. The average Bonchev–Trinajstić information content (AvgIpc) is 2.88. The predicted molar refractivity (Wildman–Crippen MR) is 70.1 cm³/mol. The largest absolute Gasteiger partial charge is 0.467 e. The minimum atomic E-state index is -0.0415. The maximum absolute atomic E-state index is 12.0. The molecule has 3 N–H and O–H groups in total. The summed E-state index contributed by atoms with van der Waals surface area (Å²) in [4.78, 5) is 12.0. The molecule has 2 atom stereocenters. The highest BCUT2D eigenvalue weighted by Gasteiger charge is 2.22.